The molecule has 256 valence electrons. The highest BCUT2D eigenvalue weighted by Gasteiger charge is 2.14. The predicted molar refractivity (Wildman–Crippen MR) is 235 cm³/mol. The first-order chi connectivity index (χ1) is 27.2. The Bertz CT molecular complexity index is 3200. The smallest absolute Gasteiger partial charge is 0.160 e. The van der Waals surface area contributed by atoms with Gasteiger partial charge in [0.25, 0.3) is 0 Å². The number of benzene rings is 9. The zero-order valence-electron chi connectivity index (χ0n) is 29.8. The van der Waals surface area contributed by atoms with E-state index in [4.69, 9.17) is 9.97 Å². The maximum absolute atomic E-state index is 5.11. The average molecular weight is 717 g/mol. The summed E-state index contributed by atoms with van der Waals surface area (Å²) in [6.45, 7) is 0. The fourth-order valence-electron chi connectivity index (χ4n) is 8.12. The van der Waals surface area contributed by atoms with Crippen molar-refractivity contribution < 1.29 is 0 Å². The SMILES string of the molecule is c1ccc(-c2nc(-c3ccc(-c4ccc5sc6ccccc6c5c4)cc3)cc(-c3ccc(-c4ccc5c6ccccc6c6ccccc6c5c4)cc3)n2)cc1. The minimum atomic E-state index is 0.713. The Kier molecular flexibility index (Phi) is 7.39. The van der Waals surface area contributed by atoms with Gasteiger partial charge in [-0.25, -0.2) is 9.97 Å². The molecule has 0 unspecified atom stereocenters. The molecule has 0 N–H and O–H groups in total. The molecule has 0 bridgehead atoms. The van der Waals surface area contributed by atoms with Crippen LogP contribution in [0.4, 0.5) is 0 Å². The second-order valence-corrected chi connectivity index (χ2v) is 15.2. The molecular weight excluding hydrogens is 685 g/mol. The molecule has 3 heteroatoms. The molecule has 2 heterocycles. The summed E-state index contributed by atoms with van der Waals surface area (Å²) >= 11 is 1.85. The van der Waals surface area contributed by atoms with E-state index in [0.29, 0.717) is 5.82 Å². The number of fused-ring (bicyclic) bond motifs is 9. The van der Waals surface area contributed by atoms with E-state index in [9.17, 15) is 0 Å². The third-order valence-electron chi connectivity index (χ3n) is 10.9. The molecule has 0 atom stereocenters. The van der Waals surface area contributed by atoms with Crippen LogP contribution in [-0.4, -0.2) is 9.97 Å². The van der Waals surface area contributed by atoms with Crippen molar-refractivity contribution in [3.63, 3.8) is 0 Å². The van der Waals surface area contributed by atoms with E-state index in [1.54, 1.807) is 0 Å². The van der Waals surface area contributed by atoms with Gasteiger partial charge in [-0.3, -0.25) is 0 Å². The maximum atomic E-state index is 5.11. The third kappa shape index (κ3) is 5.48. The van der Waals surface area contributed by atoms with Crippen molar-refractivity contribution in [2.75, 3.05) is 0 Å². The summed E-state index contributed by atoms with van der Waals surface area (Å²) in [6, 6.07) is 69.8. The Morgan fingerprint density at radius 1 is 0.255 bits per heavy atom. The van der Waals surface area contributed by atoms with Crippen LogP contribution >= 0.6 is 11.3 Å². The molecule has 0 aliphatic heterocycles. The minimum absolute atomic E-state index is 0.713. The van der Waals surface area contributed by atoms with Crippen LogP contribution in [-0.2, 0) is 0 Å². The molecule has 0 radical (unpaired) electrons. The summed E-state index contributed by atoms with van der Waals surface area (Å²) in [5.74, 6) is 0.713. The van der Waals surface area contributed by atoms with Crippen LogP contribution in [0.3, 0.4) is 0 Å². The highest BCUT2D eigenvalue weighted by Crippen LogP contribution is 2.39. The Balaban J connectivity index is 0.963. The van der Waals surface area contributed by atoms with Gasteiger partial charge in [-0.2, -0.15) is 0 Å². The zero-order chi connectivity index (χ0) is 36.3. The average Bonchev–Trinajstić information content (AvgIpc) is 3.65. The summed E-state index contributed by atoms with van der Waals surface area (Å²) in [4.78, 5) is 10.2. The summed E-state index contributed by atoms with van der Waals surface area (Å²) in [5, 5.41) is 10.3. The summed E-state index contributed by atoms with van der Waals surface area (Å²) in [7, 11) is 0. The predicted octanol–water partition coefficient (Wildman–Crippen LogP) is 14.6. The number of rotatable bonds is 5. The maximum Gasteiger partial charge on any atom is 0.160 e. The number of thiophene rings is 1. The molecule has 9 aromatic carbocycles. The van der Waals surface area contributed by atoms with Gasteiger partial charge in [0, 0.05) is 36.9 Å². The molecule has 2 aromatic heterocycles. The summed E-state index contributed by atoms with van der Waals surface area (Å²) in [5.41, 5.74) is 9.65. The Morgan fingerprint density at radius 2 is 0.673 bits per heavy atom. The number of nitrogens with zero attached hydrogens (tertiary/aromatic N) is 2. The van der Waals surface area contributed by atoms with Crippen molar-refractivity contribution in [2.24, 2.45) is 0 Å². The fourth-order valence-corrected chi connectivity index (χ4v) is 9.21. The van der Waals surface area contributed by atoms with Crippen molar-refractivity contribution in [3.8, 4) is 56.2 Å². The van der Waals surface area contributed by atoms with Crippen molar-refractivity contribution in [3.05, 3.63) is 194 Å². The summed E-state index contributed by atoms with van der Waals surface area (Å²) < 4.78 is 2.64. The largest absolute Gasteiger partial charge is 0.228 e. The third-order valence-corrected chi connectivity index (χ3v) is 12.1. The molecular formula is C52H32N2S. The molecule has 0 saturated heterocycles. The van der Waals surface area contributed by atoms with Crippen LogP contribution in [0.2, 0.25) is 0 Å². The van der Waals surface area contributed by atoms with E-state index in [2.05, 4.69) is 176 Å². The first-order valence-corrected chi connectivity index (χ1v) is 19.5. The first kappa shape index (κ1) is 31.6. The van der Waals surface area contributed by atoms with E-state index in [1.807, 2.05) is 29.5 Å². The molecule has 0 aliphatic rings. The molecule has 11 rings (SSSR count). The zero-order valence-corrected chi connectivity index (χ0v) is 30.6. The number of hydrogen-bond acceptors (Lipinski definition) is 3. The number of aromatic nitrogens is 2. The van der Waals surface area contributed by atoms with Gasteiger partial charge in [0.05, 0.1) is 11.4 Å². The lowest BCUT2D eigenvalue weighted by Gasteiger charge is -2.13. The highest BCUT2D eigenvalue weighted by molar-refractivity contribution is 7.25. The second-order valence-electron chi connectivity index (χ2n) is 14.1. The van der Waals surface area contributed by atoms with Gasteiger partial charge in [0.15, 0.2) is 5.82 Å². The van der Waals surface area contributed by atoms with E-state index in [1.165, 1.54) is 74.7 Å². The van der Waals surface area contributed by atoms with Gasteiger partial charge < -0.3 is 0 Å². The molecule has 0 spiro atoms. The highest BCUT2D eigenvalue weighted by atomic mass is 32.1. The van der Waals surface area contributed by atoms with E-state index >= 15 is 0 Å². The normalized spacial score (nSPS) is 11.6. The minimum Gasteiger partial charge on any atom is -0.228 e. The molecule has 11 aromatic rings. The monoisotopic (exact) mass is 716 g/mol. The lowest BCUT2D eigenvalue weighted by Crippen LogP contribution is -1.96. The Morgan fingerprint density at radius 3 is 1.27 bits per heavy atom. The molecule has 55 heavy (non-hydrogen) atoms. The van der Waals surface area contributed by atoms with Crippen LogP contribution in [0.15, 0.2) is 194 Å². The van der Waals surface area contributed by atoms with Crippen LogP contribution < -0.4 is 0 Å². The molecule has 0 amide bonds. The molecule has 0 saturated carbocycles. The number of hydrogen-bond donors (Lipinski definition) is 0. The van der Waals surface area contributed by atoms with Crippen LogP contribution in [0.25, 0.3) is 109 Å². The topological polar surface area (TPSA) is 25.8 Å². The lowest BCUT2D eigenvalue weighted by atomic mass is 9.92. The lowest BCUT2D eigenvalue weighted by molar-refractivity contribution is 1.18. The van der Waals surface area contributed by atoms with Crippen molar-refractivity contribution in [2.45, 2.75) is 0 Å². The van der Waals surface area contributed by atoms with Gasteiger partial charge in [-0.15, -0.1) is 11.3 Å². The van der Waals surface area contributed by atoms with Crippen molar-refractivity contribution >= 4 is 63.8 Å². The quantitative estimate of drug-likeness (QED) is 0.166. The van der Waals surface area contributed by atoms with E-state index in [0.717, 1.165) is 28.1 Å². The van der Waals surface area contributed by atoms with Crippen LogP contribution in [0.5, 0.6) is 0 Å². The van der Waals surface area contributed by atoms with Gasteiger partial charge >= 0.3 is 0 Å². The fraction of sp³-hybridized carbons (Fsp3) is 0. The molecule has 0 fully saturated rings. The standard InChI is InChI=1S/C52H32N2S/c1-2-10-37(11-3-1)52-53-48(32-49(54-52)36-24-20-34(21-25-36)39-27-29-51-47(31-39)45-16-8-9-17-50(45)55-51)35-22-18-33(19-23-35)38-26-28-44-42-14-5-4-12-40(42)41-13-6-7-15-43(41)46(44)30-38/h1-32H. The van der Waals surface area contributed by atoms with E-state index in [-0.39, 0.29) is 0 Å². The van der Waals surface area contributed by atoms with Crippen LogP contribution in [0, 0.1) is 0 Å². The second kappa shape index (κ2) is 12.9. The summed E-state index contributed by atoms with van der Waals surface area (Å²) in [6.07, 6.45) is 0. The Labute approximate surface area is 322 Å². The van der Waals surface area contributed by atoms with E-state index < -0.39 is 0 Å². The van der Waals surface area contributed by atoms with Crippen molar-refractivity contribution in [1.82, 2.24) is 9.97 Å². The van der Waals surface area contributed by atoms with Crippen LogP contribution in [0.1, 0.15) is 0 Å². The van der Waals surface area contributed by atoms with Gasteiger partial charge in [-0.1, -0.05) is 164 Å². The van der Waals surface area contributed by atoms with Gasteiger partial charge in [-0.05, 0) is 84.9 Å². The van der Waals surface area contributed by atoms with Gasteiger partial charge in [0.2, 0.25) is 0 Å². The molecule has 2 nitrogen and oxygen atoms in total. The van der Waals surface area contributed by atoms with Crippen molar-refractivity contribution in [1.29, 1.82) is 0 Å². The first-order valence-electron chi connectivity index (χ1n) is 18.6. The van der Waals surface area contributed by atoms with Gasteiger partial charge in [0.1, 0.15) is 0 Å². The Hall–Kier alpha value is -6.94. The molecule has 0 aliphatic carbocycles.